The number of hydrogen-bond acceptors (Lipinski definition) is 2. The van der Waals surface area contributed by atoms with Crippen LogP contribution < -0.4 is 0 Å². The maximum Gasteiger partial charge on any atom is 0.121 e. The molecule has 3 aliphatic rings. The summed E-state index contributed by atoms with van der Waals surface area (Å²) in [5.41, 5.74) is 0.989. The van der Waals surface area contributed by atoms with E-state index in [9.17, 15) is 0 Å². The quantitative estimate of drug-likeness (QED) is 0.718. The second-order valence-electron chi connectivity index (χ2n) is 6.74. The van der Waals surface area contributed by atoms with Crippen molar-refractivity contribution in [3.63, 3.8) is 0 Å². The van der Waals surface area contributed by atoms with E-state index in [1.807, 2.05) is 6.08 Å². The standard InChI is InChI=1S/C18H20N2/c1-4-12-16(2)17(3)14-10-11-15(14)18(16,20-19-17)13-8-6-5-7-9-13/h4-11,14-15H,1,12H2,2-3H3/t14-,15-,16+,17-,18-/m0/s1. The summed E-state index contributed by atoms with van der Waals surface area (Å²) in [6, 6.07) is 10.7. The van der Waals surface area contributed by atoms with Crippen LogP contribution in [0, 0.1) is 17.3 Å². The lowest BCUT2D eigenvalue weighted by Crippen LogP contribution is -2.45. The van der Waals surface area contributed by atoms with Gasteiger partial charge in [-0.1, -0.05) is 55.5 Å². The predicted molar refractivity (Wildman–Crippen MR) is 80.4 cm³/mol. The van der Waals surface area contributed by atoms with Gasteiger partial charge in [-0.3, -0.25) is 0 Å². The average Bonchev–Trinajstić information content (AvgIpc) is 2.67. The van der Waals surface area contributed by atoms with Crippen LogP contribution in [0.15, 0.2) is 65.4 Å². The highest BCUT2D eigenvalue weighted by molar-refractivity contribution is 5.46. The third-order valence-electron chi connectivity index (χ3n) is 6.18. The van der Waals surface area contributed by atoms with E-state index in [0.717, 1.165) is 6.42 Å². The highest BCUT2D eigenvalue weighted by atomic mass is 15.3. The molecule has 0 N–H and O–H groups in total. The molecule has 0 radical (unpaired) electrons. The van der Waals surface area contributed by atoms with E-state index in [1.54, 1.807) is 0 Å². The van der Waals surface area contributed by atoms with Gasteiger partial charge in [0.2, 0.25) is 0 Å². The van der Waals surface area contributed by atoms with Gasteiger partial charge in [0.25, 0.3) is 0 Å². The fourth-order valence-electron chi connectivity index (χ4n) is 4.84. The zero-order chi connectivity index (χ0) is 14.0. The Hall–Kier alpha value is -1.70. The predicted octanol–water partition coefficient (Wildman–Crippen LogP) is 4.50. The van der Waals surface area contributed by atoms with Crippen LogP contribution in [-0.4, -0.2) is 5.54 Å². The minimum Gasteiger partial charge on any atom is -0.185 e. The molecule has 2 bridgehead atoms. The van der Waals surface area contributed by atoms with Crippen LogP contribution in [0.2, 0.25) is 0 Å². The van der Waals surface area contributed by atoms with Crippen molar-refractivity contribution >= 4 is 0 Å². The van der Waals surface area contributed by atoms with Crippen molar-refractivity contribution < 1.29 is 0 Å². The first-order valence-corrected chi connectivity index (χ1v) is 7.39. The summed E-state index contributed by atoms with van der Waals surface area (Å²) >= 11 is 0. The average molecular weight is 264 g/mol. The summed E-state index contributed by atoms with van der Waals surface area (Å²) in [7, 11) is 0. The molecular weight excluding hydrogens is 244 g/mol. The fourth-order valence-corrected chi connectivity index (χ4v) is 4.84. The molecular formula is C18H20N2. The van der Waals surface area contributed by atoms with E-state index in [2.05, 4.69) is 62.9 Å². The van der Waals surface area contributed by atoms with Crippen LogP contribution in [-0.2, 0) is 5.54 Å². The molecule has 4 rings (SSSR count). The van der Waals surface area contributed by atoms with Crippen molar-refractivity contribution in [1.82, 2.24) is 0 Å². The van der Waals surface area contributed by atoms with Gasteiger partial charge < -0.3 is 0 Å². The molecule has 0 saturated heterocycles. The minimum atomic E-state index is -0.212. The van der Waals surface area contributed by atoms with E-state index in [0.29, 0.717) is 11.8 Å². The number of benzene rings is 1. The molecule has 1 aromatic carbocycles. The lowest BCUT2D eigenvalue weighted by atomic mass is 9.61. The summed E-state index contributed by atoms with van der Waals surface area (Å²) < 4.78 is 0. The van der Waals surface area contributed by atoms with Crippen LogP contribution in [0.1, 0.15) is 25.8 Å². The van der Waals surface area contributed by atoms with Crippen molar-refractivity contribution in [2.24, 2.45) is 27.5 Å². The van der Waals surface area contributed by atoms with Crippen LogP contribution >= 0.6 is 0 Å². The molecule has 1 heterocycles. The second kappa shape index (κ2) is 3.49. The molecule has 2 aliphatic carbocycles. The Morgan fingerprint density at radius 1 is 1.10 bits per heavy atom. The van der Waals surface area contributed by atoms with Crippen LogP contribution in [0.4, 0.5) is 0 Å². The van der Waals surface area contributed by atoms with Crippen LogP contribution in [0.5, 0.6) is 0 Å². The molecule has 20 heavy (non-hydrogen) atoms. The van der Waals surface area contributed by atoms with Gasteiger partial charge in [0, 0.05) is 17.3 Å². The van der Waals surface area contributed by atoms with E-state index < -0.39 is 0 Å². The van der Waals surface area contributed by atoms with E-state index >= 15 is 0 Å². The van der Waals surface area contributed by atoms with E-state index in [-0.39, 0.29) is 16.5 Å². The Morgan fingerprint density at radius 3 is 2.40 bits per heavy atom. The lowest BCUT2D eigenvalue weighted by Gasteiger charge is -2.41. The Bertz CT molecular complexity index is 632. The van der Waals surface area contributed by atoms with Crippen LogP contribution in [0.25, 0.3) is 0 Å². The highest BCUT2D eigenvalue weighted by Gasteiger charge is 2.77. The molecule has 0 amide bonds. The van der Waals surface area contributed by atoms with Gasteiger partial charge in [0.1, 0.15) is 5.54 Å². The molecule has 1 fully saturated rings. The largest absolute Gasteiger partial charge is 0.185 e. The van der Waals surface area contributed by atoms with E-state index in [1.165, 1.54) is 5.56 Å². The number of hydrogen-bond donors (Lipinski definition) is 0. The summed E-state index contributed by atoms with van der Waals surface area (Å²) in [6.07, 6.45) is 7.65. The molecule has 5 atom stereocenters. The Morgan fingerprint density at radius 2 is 1.80 bits per heavy atom. The monoisotopic (exact) mass is 264 g/mol. The smallest absolute Gasteiger partial charge is 0.121 e. The molecule has 0 aromatic heterocycles. The van der Waals surface area contributed by atoms with Crippen molar-refractivity contribution in [3.8, 4) is 0 Å². The summed E-state index contributed by atoms with van der Waals surface area (Å²) in [6.45, 7) is 8.61. The van der Waals surface area contributed by atoms with Crippen LogP contribution in [0.3, 0.4) is 0 Å². The number of rotatable bonds is 3. The Kier molecular flexibility index (Phi) is 2.11. The van der Waals surface area contributed by atoms with Crippen molar-refractivity contribution in [2.45, 2.75) is 31.3 Å². The fraction of sp³-hybridized carbons (Fsp3) is 0.444. The molecule has 1 aromatic rings. The Labute approximate surface area is 120 Å². The first-order chi connectivity index (χ1) is 9.60. The number of allylic oxidation sites excluding steroid dienone is 1. The number of azo groups is 1. The molecule has 102 valence electrons. The minimum absolute atomic E-state index is 0.00192. The molecule has 2 nitrogen and oxygen atoms in total. The third kappa shape index (κ3) is 0.983. The first kappa shape index (κ1) is 12.1. The SMILES string of the molecule is C=CC[C@]1(C)[C@@]2(C)N=N[C@@]1(c1ccccc1)[C@H]1C=C[C@@H]12. The van der Waals surface area contributed by atoms with Gasteiger partial charge in [-0.2, -0.15) is 10.2 Å². The second-order valence-corrected chi connectivity index (χ2v) is 6.74. The van der Waals surface area contributed by atoms with E-state index in [4.69, 9.17) is 10.2 Å². The molecule has 0 spiro atoms. The first-order valence-electron chi connectivity index (χ1n) is 7.39. The molecule has 1 aliphatic heterocycles. The summed E-state index contributed by atoms with van der Waals surface area (Å²) in [4.78, 5) is 0. The van der Waals surface area contributed by atoms with Gasteiger partial charge in [-0.25, -0.2) is 0 Å². The molecule has 1 saturated carbocycles. The van der Waals surface area contributed by atoms with Crippen molar-refractivity contribution in [1.29, 1.82) is 0 Å². The van der Waals surface area contributed by atoms with Crippen molar-refractivity contribution in [3.05, 3.63) is 60.7 Å². The molecule has 0 unspecified atom stereocenters. The zero-order valence-corrected chi connectivity index (χ0v) is 12.1. The van der Waals surface area contributed by atoms with Crippen molar-refractivity contribution in [2.75, 3.05) is 0 Å². The highest BCUT2D eigenvalue weighted by Crippen LogP contribution is 2.74. The number of nitrogens with zero attached hydrogens (tertiary/aromatic N) is 2. The van der Waals surface area contributed by atoms with Gasteiger partial charge in [-0.05, 0) is 18.9 Å². The van der Waals surface area contributed by atoms with Gasteiger partial charge >= 0.3 is 0 Å². The number of fused-ring (bicyclic) bond motifs is 5. The maximum atomic E-state index is 4.86. The topological polar surface area (TPSA) is 24.7 Å². The normalized spacial score (nSPS) is 47.1. The zero-order valence-electron chi connectivity index (χ0n) is 12.1. The van der Waals surface area contributed by atoms with Gasteiger partial charge in [0.15, 0.2) is 0 Å². The Balaban J connectivity index is 1.99. The van der Waals surface area contributed by atoms with Gasteiger partial charge in [-0.15, -0.1) is 6.58 Å². The molecule has 2 heteroatoms. The summed E-state index contributed by atoms with van der Waals surface area (Å²) in [5.74, 6) is 1.00. The summed E-state index contributed by atoms with van der Waals surface area (Å²) in [5, 5.41) is 9.62. The third-order valence-corrected chi connectivity index (χ3v) is 6.18. The lowest BCUT2D eigenvalue weighted by molar-refractivity contribution is 0.148. The van der Waals surface area contributed by atoms with Gasteiger partial charge in [0.05, 0.1) is 5.54 Å². The maximum absolute atomic E-state index is 4.86.